The summed E-state index contributed by atoms with van der Waals surface area (Å²) >= 11 is 0. The Hall–Kier alpha value is -1.42. The maximum Gasteiger partial charge on any atom is 0.160 e. The van der Waals surface area contributed by atoms with Gasteiger partial charge in [0.2, 0.25) is 0 Å². The molecule has 4 rings (SSSR count). The number of aromatic nitrogens is 3. The zero-order valence-electron chi connectivity index (χ0n) is 11.4. The molecule has 100 valence electrons. The van der Waals surface area contributed by atoms with E-state index in [1.54, 1.807) is 0 Å². The summed E-state index contributed by atoms with van der Waals surface area (Å²) in [7, 11) is 2.20. The monoisotopic (exact) mass is 256 g/mol. The molecule has 1 saturated carbocycles. The highest BCUT2D eigenvalue weighted by molar-refractivity contribution is 5.71. The van der Waals surface area contributed by atoms with Crippen LogP contribution in [0.15, 0.2) is 18.3 Å². The summed E-state index contributed by atoms with van der Waals surface area (Å²) in [4.78, 5) is 11.9. The van der Waals surface area contributed by atoms with Gasteiger partial charge in [0.1, 0.15) is 11.3 Å². The van der Waals surface area contributed by atoms with E-state index in [-0.39, 0.29) is 0 Å². The molecule has 0 N–H and O–H groups in total. The number of fused-ring (bicyclic) bond motifs is 1. The Morgan fingerprint density at radius 2 is 2.16 bits per heavy atom. The quantitative estimate of drug-likeness (QED) is 0.828. The molecule has 0 bridgehead atoms. The van der Waals surface area contributed by atoms with Crippen molar-refractivity contribution in [1.29, 1.82) is 0 Å². The molecule has 1 unspecified atom stereocenters. The van der Waals surface area contributed by atoms with E-state index in [1.165, 1.54) is 38.1 Å². The van der Waals surface area contributed by atoms with Gasteiger partial charge in [-0.2, -0.15) is 0 Å². The van der Waals surface area contributed by atoms with Gasteiger partial charge in [-0.15, -0.1) is 0 Å². The third-order valence-corrected chi connectivity index (χ3v) is 4.67. The van der Waals surface area contributed by atoms with Crippen LogP contribution in [-0.4, -0.2) is 39.6 Å². The third kappa shape index (κ3) is 1.77. The van der Waals surface area contributed by atoms with Gasteiger partial charge in [0, 0.05) is 24.7 Å². The molecule has 2 aliphatic rings. The number of nitrogens with zero attached hydrogens (tertiary/aromatic N) is 4. The summed E-state index contributed by atoms with van der Waals surface area (Å²) in [6.45, 7) is 2.32. The highest BCUT2D eigenvalue weighted by Gasteiger charge is 2.31. The fraction of sp³-hybridized carbons (Fsp3) is 0.600. The smallest absolute Gasteiger partial charge is 0.160 e. The van der Waals surface area contributed by atoms with Crippen molar-refractivity contribution in [3.63, 3.8) is 0 Å². The molecule has 4 heteroatoms. The lowest BCUT2D eigenvalue weighted by molar-refractivity contribution is 0.306. The van der Waals surface area contributed by atoms with Crippen molar-refractivity contribution in [2.75, 3.05) is 20.1 Å². The molecule has 4 nitrogen and oxygen atoms in total. The zero-order chi connectivity index (χ0) is 12.8. The Balaban J connectivity index is 1.84. The fourth-order valence-corrected chi connectivity index (χ4v) is 3.39. The Morgan fingerprint density at radius 1 is 1.26 bits per heavy atom. The molecule has 2 aromatic rings. The lowest BCUT2D eigenvalue weighted by atomic mass is 9.92. The summed E-state index contributed by atoms with van der Waals surface area (Å²) in [6.07, 6.45) is 7.05. The molecule has 1 aliphatic heterocycles. The molecule has 19 heavy (non-hydrogen) atoms. The number of pyridine rings is 1. The molecule has 1 aliphatic carbocycles. The lowest BCUT2D eigenvalue weighted by Gasteiger charge is -2.29. The summed E-state index contributed by atoms with van der Waals surface area (Å²) in [6, 6.07) is 4.73. The van der Waals surface area contributed by atoms with Gasteiger partial charge in [0.05, 0.1) is 0 Å². The predicted molar refractivity (Wildman–Crippen MR) is 75.3 cm³/mol. The highest BCUT2D eigenvalue weighted by Crippen LogP contribution is 2.38. The minimum absolute atomic E-state index is 0.583. The summed E-state index contributed by atoms with van der Waals surface area (Å²) in [5.41, 5.74) is 2.16. The number of rotatable bonds is 2. The van der Waals surface area contributed by atoms with Gasteiger partial charge in [-0.1, -0.05) is 0 Å². The molecule has 0 radical (unpaired) electrons. The Bertz CT molecular complexity index is 599. The van der Waals surface area contributed by atoms with Crippen LogP contribution in [0.25, 0.3) is 11.2 Å². The standard InChI is InChI=1S/C15H20N4/c1-18-9-7-11(10-18)14-17-13-6-3-8-16-15(13)19(14)12-4-2-5-12/h3,6,8,11-12H,2,4-5,7,9-10H2,1H3. The van der Waals surface area contributed by atoms with Crippen LogP contribution in [0.3, 0.4) is 0 Å². The van der Waals surface area contributed by atoms with Crippen LogP contribution in [0.2, 0.25) is 0 Å². The second-order valence-electron chi connectivity index (χ2n) is 6.02. The van der Waals surface area contributed by atoms with Crippen LogP contribution in [0, 0.1) is 0 Å². The summed E-state index contributed by atoms with van der Waals surface area (Å²) in [5.74, 6) is 1.86. The van der Waals surface area contributed by atoms with Crippen LogP contribution in [0.5, 0.6) is 0 Å². The molecule has 2 aromatic heterocycles. The van der Waals surface area contributed by atoms with Crippen LogP contribution in [0.4, 0.5) is 0 Å². The van der Waals surface area contributed by atoms with Crippen molar-refractivity contribution < 1.29 is 0 Å². The van der Waals surface area contributed by atoms with Gasteiger partial charge in [-0.05, 0) is 51.4 Å². The van der Waals surface area contributed by atoms with E-state index in [9.17, 15) is 0 Å². The molecule has 0 aromatic carbocycles. The van der Waals surface area contributed by atoms with Crippen molar-refractivity contribution >= 4 is 11.2 Å². The number of likely N-dealkylation sites (N-methyl/N-ethyl adjacent to an activating group) is 1. The van der Waals surface area contributed by atoms with Crippen LogP contribution >= 0.6 is 0 Å². The van der Waals surface area contributed by atoms with E-state index in [4.69, 9.17) is 4.98 Å². The molecule has 1 saturated heterocycles. The third-order valence-electron chi connectivity index (χ3n) is 4.67. The van der Waals surface area contributed by atoms with Crippen molar-refractivity contribution in [1.82, 2.24) is 19.4 Å². The minimum atomic E-state index is 0.583. The number of hydrogen-bond acceptors (Lipinski definition) is 3. The van der Waals surface area contributed by atoms with E-state index in [1.807, 2.05) is 12.3 Å². The van der Waals surface area contributed by atoms with Gasteiger partial charge < -0.3 is 9.47 Å². The van der Waals surface area contributed by atoms with Crippen molar-refractivity contribution in [2.45, 2.75) is 37.6 Å². The predicted octanol–water partition coefficient (Wildman–Crippen LogP) is 2.58. The fourth-order valence-electron chi connectivity index (χ4n) is 3.39. The molecular weight excluding hydrogens is 236 g/mol. The molecule has 1 atom stereocenters. The zero-order valence-corrected chi connectivity index (χ0v) is 11.4. The van der Waals surface area contributed by atoms with Gasteiger partial charge in [-0.25, -0.2) is 9.97 Å². The van der Waals surface area contributed by atoms with Crippen LogP contribution in [-0.2, 0) is 0 Å². The van der Waals surface area contributed by atoms with Crippen molar-refractivity contribution in [2.24, 2.45) is 0 Å². The second kappa shape index (κ2) is 4.30. The first-order valence-corrected chi connectivity index (χ1v) is 7.34. The van der Waals surface area contributed by atoms with E-state index in [2.05, 4.69) is 27.6 Å². The maximum absolute atomic E-state index is 4.91. The molecule has 0 amide bonds. The SMILES string of the molecule is CN1CCC(c2nc3cccnc3n2C2CCC2)C1. The highest BCUT2D eigenvalue weighted by atomic mass is 15.2. The Morgan fingerprint density at radius 3 is 2.84 bits per heavy atom. The van der Waals surface area contributed by atoms with Gasteiger partial charge in [0.15, 0.2) is 5.65 Å². The molecular formula is C15H20N4. The largest absolute Gasteiger partial charge is 0.309 e. The maximum atomic E-state index is 4.91. The average molecular weight is 256 g/mol. The first-order chi connectivity index (χ1) is 9.33. The normalized spacial score (nSPS) is 25.0. The van der Waals surface area contributed by atoms with Gasteiger partial charge in [-0.3, -0.25) is 0 Å². The minimum Gasteiger partial charge on any atom is -0.309 e. The summed E-state index contributed by atoms with van der Waals surface area (Å²) in [5, 5.41) is 0. The first kappa shape index (κ1) is 11.4. The van der Waals surface area contributed by atoms with Crippen molar-refractivity contribution in [3.8, 4) is 0 Å². The molecule has 3 heterocycles. The Labute approximate surface area is 113 Å². The Kier molecular flexibility index (Phi) is 2.58. The van der Waals surface area contributed by atoms with E-state index >= 15 is 0 Å². The van der Waals surface area contributed by atoms with E-state index < -0.39 is 0 Å². The lowest BCUT2D eigenvalue weighted by Crippen LogP contribution is -2.22. The summed E-state index contributed by atoms with van der Waals surface area (Å²) < 4.78 is 2.45. The van der Waals surface area contributed by atoms with Gasteiger partial charge >= 0.3 is 0 Å². The average Bonchev–Trinajstić information content (AvgIpc) is 2.92. The van der Waals surface area contributed by atoms with Crippen LogP contribution in [0.1, 0.15) is 43.5 Å². The second-order valence-corrected chi connectivity index (χ2v) is 6.02. The topological polar surface area (TPSA) is 34.0 Å². The molecule has 0 spiro atoms. The van der Waals surface area contributed by atoms with Gasteiger partial charge in [0.25, 0.3) is 0 Å². The van der Waals surface area contributed by atoms with E-state index in [0.717, 1.165) is 17.7 Å². The number of hydrogen-bond donors (Lipinski definition) is 0. The number of likely N-dealkylation sites (tertiary alicyclic amines) is 1. The van der Waals surface area contributed by atoms with Crippen molar-refractivity contribution in [3.05, 3.63) is 24.2 Å². The molecule has 2 fully saturated rings. The number of imidazole rings is 1. The first-order valence-electron chi connectivity index (χ1n) is 7.34. The van der Waals surface area contributed by atoms with E-state index in [0.29, 0.717) is 12.0 Å². The van der Waals surface area contributed by atoms with Crippen LogP contribution < -0.4 is 0 Å².